The number of benzene rings is 1. The Kier molecular flexibility index (Phi) is 2.41. The highest BCUT2D eigenvalue weighted by Crippen LogP contribution is 2.31. The Morgan fingerprint density at radius 2 is 2.06 bits per heavy atom. The van der Waals surface area contributed by atoms with Gasteiger partial charge in [-0.2, -0.15) is 0 Å². The standard InChI is InChI=1S/C13H10N2O2S/c1-8-11(9-5-3-2-4-6-9)15-7-10(12(16)17)14-13(15)18-8/h2-7H,1H3,(H,16,17). The van der Waals surface area contributed by atoms with Crippen molar-refractivity contribution in [2.75, 3.05) is 0 Å². The van der Waals surface area contributed by atoms with Gasteiger partial charge in [0.05, 0.1) is 5.69 Å². The third-order valence-corrected chi connectivity index (χ3v) is 3.73. The smallest absolute Gasteiger partial charge is 0.356 e. The SMILES string of the molecule is Cc1sc2nc(C(=O)O)cn2c1-c1ccccc1. The summed E-state index contributed by atoms with van der Waals surface area (Å²) in [5.74, 6) is -0.998. The summed E-state index contributed by atoms with van der Waals surface area (Å²) >= 11 is 1.50. The number of hydrogen-bond donors (Lipinski definition) is 1. The number of nitrogens with zero attached hydrogens (tertiary/aromatic N) is 2. The average Bonchev–Trinajstić information content (AvgIpc) is 2.86. The van der Waals surface area contributed by atoms with Crippen LogP contribution in [0, 0.1) is 6.92 Å². The highest BCUT2D eigenvalue weighted by Gasteiger charge is 2.16. The van der Waals surface area contributed by atoms with Gasteiger partial charge in [0, 0.05) is 11.1 Å². The molecule has 90 valence electrons. The predicted molar refractivity (Wildman–Crippen MR) is 70.2 cm³/mol. The lowest BCUT2D eigenvalue weighted by molar-refractivity contribution is 0.0691. The van der Waals surface area contributed by atoms with E-state index in [1.807, 2.05) is 41.7 Å². The molecule has 0 unspecified atom stereocenters. The number of carboxylic acid groups (broad SMARTS) is 1. The van der Waals surface area contributed by atoms with Gasteiger partial charge in [0.15, 0.2) is 10.7 Å². The predicted octanol–water partition coefficient (Wildman–Crippen LogP) is 3.07. The number of aromatic carboxylic acids is 1. The van der Waals surface area contributed by atoms with Crippen LogP contribution in [0.15, 0.2) is 36.5 Å². The van der Waals surface area contributed by atoms with Crippen LogP contribution in [0.1, 0.15) is 15.4 Å². The zero-order valence-electron chi connectivity index (χ0n) is 9.62. The number of fused-ring (bicyclic) bond motifs is 1. The number of imidazole rings is 1. The largest absolute Gasteiger partial charge is 0.476 e. The second kappa shape index (κ2) is 3.96. The molecule has 1 aromatic carbocycles. The minimum atomic E-state index is -0.998. The summed E-state index contributed by atoms with van der Waals surface area (Å²) < 4.78 is 1.85. The maximum atomic E-state index is 10.9. The maximum absolute atomic E-state index is 10.9. The molecule has 3 rings (SSSR count). The Morgan fingerprint density at radius 1 is 1.33 bits per heavy atom. The fourth-order valence-corrected chi connectivity index (χ4v) is 2.96. The lowest BCUT2D eigenvalue weighted by atomic mass is 10.1. The van der Waals surface area contributed by atoms with Crippen molar-refractivity contribution < 1.29 is 9.90 Å². The molecule has 5 heteroatoms. The van der Waals surface area contributed by atoms with Crippen molar-refractivity contribution in [3.63, 3.8) is 0 Å². The van der Waals surface area contributed by atoms with Crippen molar-refractivity contribution in [2.24, 2.45) is 0 Å². The lowest BCUT2D eigenvalue weighted by Gasteiger charge is -2.00. The van der Waals surface area contributed by atoms with Gasteiger partial charge >= 0.3 is 5.97 Å². The molecule has 2 aromatic heterocycles. The molecule has 0 aliphatic carbocycles. The van der Waals surface area contributed by atoms with Gasteiger partial charge in [-0.05, 0) is 12.5 Å². The Morgan fingerprint density at radius 3 is 2.72 bits per heavy atom. The first kappa shape index (κ1) is 11.0. The number of carboxylic acids is 1. The van der Waals surface area contributed by atoms with Gasteiger partial charge in [0.2, 0.25) is 0 Å². The van der Waals surface area contributed by atoms with E-state index in [0.29, 0.717) is 4.96 Å². The molecule has 0 saturated heterocycles. The first-order valence-electron chi connectivity index (χ1n) is 5.44. The molecule has 0 aliphatic rings. The number of aromatic nitrogens is 2. The summed E-state index contributed by atoms with van der Waals surface area (Å²) in [7, 11) is 0. The second-order valence-corrected chi connectivity index (χ2v) is 5.14. The van der Waals surface area contributed by atoms with Crippen LogP contribution in [0.25, 0.3) is 16.2 Å². The highest BCUT2D eigenvalue weighted by atomic mass is 32.1. The van der Waals surface area contributed by atoms with E-state index in [1.54, 1.807) is 6.20 Å². The van der Waals surface area contributed by atoms with E-state index in [4.69, 9.17) is 5.11 Å². The van der Waals surface area contributed by atoms with E-state index < -0.39 is 5.97 Å². The monoisotopic (exact) mass is 258 g/mol. The van der Waals surface area contributed by atoms with Crippen molar-refractivity contribution in [3.8, 4) is 11.3 Å². The first-order valence-corrected chi connectivity index (χ1v) is 6.25. The van der Waals surface area contributed by atoms with Crippen LogP contribution in [0.5, 0.6) is 0 Å². The van der Waals surface area contributed by atoms with Crippen LogP contribution >= 0.6 is 11.3 Å². The molecule has 4 nitrogen and oxygen atoms in total. The number of carbonyl (C=O) groups is 1. The molecule has 18 heavy (non-hydrogen) atoms. The van der Waals surface area contributed by atoms with Crippen molar-refractivity contribution in [2.45, 2.75) is 6.92 Å². The highest BCUT2D eigenvalue weighted by molar-refractivity contribution is 7.17. The summed E-state index contributed by atoms with van der Waals surface area (Å²) in [5.41, 5.74) is 2.16. The van der Waals surface area contributed by atoms with E-state index >= 15 is 0 Å². The van der Waals surface area contributed by atoms with Crippen molar-refractivity contribution in [3.05, 3.63) is 47.1 Å². The lowest BCUT2D eigenvalue weighted by Crippen LogP contribution is -1.95. The van der Waals surface area contributed by atoms with Gasteiger partial charge < -0.3 is 5.11 Å². The fraction of sp³-hybridized carbons (Fsp3) is 0.0769. The van der Waals surface area contributed by atoms with E-state index in [2.05, 4.69) is 4.98 Å². The molecule has 3 aromatic rings. The van der Waals surface area contributed by atoms with Crippen LogP contribution in [0.2, 0.25) is 0 Å². The molecule has 0 atom stereocenters. The molecule has 0 saturated carbocycles. The van der Waals surface area contributed by atoms with Gasteiger partial charge in [-0.15, -0.1) is 11.3 Å². The maximum Gasteiger partial charge on any atom is 0.356 e. The molecule has 0 aliphatic heterocycles. The average molecular weight is 258 g/mol. The minimum Gasteiger partial charge on any atom is -0.476 e. The normalized spacial score (nSPS) is 10.9. The van der Waals surface area contributed by atoms with E-state index in [0.717, 1.165) is 16.1 Å². The molecule has 0 radical (unpaired) electrons. The Bertz CT molecular complexity index is 728. The molecule has 1 N–H and O–H groups in total. The summed E-state index contributed by atoms with van der Waals surface area (Å²) in [5, 5.41) is 8.96. The molecule has 0 fully saturated rings. The van der Waals surface area contributed by atoms with Crippen LogP contribution in [0.3, 0.4) is 0 Å². The zero-order chi connectivity index (χ0) is 12.7. The Hall–Kier alpha value is -2.14. The Labute approximate surface area is 107 Å². The zero-order valence-corrected chi connectivity index (χ0v) is 10.4. The number of thiazole rings is 1. The number of rotatable bonds is 2. The van der Waals surface area contributed by atoms with E-state index in [-0.39, 0.29) is 5.69 Å². The van der Waals surface area contributed by atoms with Crippen molar-refractivity contribution >= 4 is 22.3 Å². The topological polar surface area (TPSA) is 54.6 Å². The molecule has 0 spiro atoms. The summed E-state index contributed by atoms with van der Waals surface area (Å²) in [6.45, 7) is 2.02. The van der Waals surface area contributed by atoms with Gasteiger partial charge in [-0.1, -0.05) is 30.3 Å². The minimum absolute atomic E-state index is 0.0819. The van der Waals surface area contributed by atoms with Gasteiger partial charge in [-0.25, -0.2) is 9.78 Å². The summed E-state index contributed by atoms with van der Waals surface area (Å²) in [4.78, 5) is 16.9. The Balaban J connectivity index is 2.28. The van der Waals surface area contributed by atoms with E-state index in [9.17, 15) is 4.79 Å². The van der Waals surface area contributed by atoms with Crippen LogP contribution in [-0.2, 0) is 0 Å². The van der Waals surface area contributed by atoms with Gasteiger partial charge in [0.25, 0.3) is 0 Å². The number of hydrogen-bond acceptors (Lipinski definition) is 3. The van der Waals surface area contributed by atoms with Crippen LogP contribution in [0.4, 0.5) is 0 Å². The van der Waals surface area contributed by atoms with Crippen molar-refractivity contribution in [1.29, 1.82) is 0 Å². The molecular formula is C13H10N2O2S. The summed E-state index contributed by atoms with van der Waals surface area (Å²) in [6.07, 6.45) is 1.57. The molecule has 2 heterocycles. The van der Waals surface area contributed by atoms with Crippen LogP contribution in [-0.4, -0.2) is 20.5 Å². The molecule has 0 bridgehead atoms. The van der Waals surface area contributed by atoms with Gasteiger partial charge in [0.1, 0.15) is 0 Å². The molecular weight excluding hydrogens is 248 g/mol. The number of aryl methyl sites for hydroxylation is 1. The van der Waals surface area contributed by atoms with Crippen molar-refractivity contribution in [1.82, 2.24) is 9.38 Å². The quantitative estimate of drug-likeness (QED) is 0.768. The summed E-state index contributed by atoms with van der Waals surface area (Å²) in [6, 6.07) is 9.91. The van der Waals surface area contributed by atoms with Crippen LogP contribution < -0.4 is 0 Å². The third kappa shape index (κ3) is 1.60. The second-order valence-electron chi connectivity index (χ2n) is 3.96. The first-order chi connectivity index (χ1) is 8.66. The molecule has 0 amide bonds. The van der Waals surface area contributed by atoms with E-state index in [1.165, 1.54) is 11.3 Å². The third-order valence-electron chi connectivity index (χ3n) is 2.76. The van der Waals surface area contributed by atoms with Gasteiger partial charge in [-0.3, -0.25) is 4.40 Å². The fourth-order valence-electron chi connectivity index (χ4n) is 1.99.